The highest BCUT2D eigenvalue weighted by Crippen LogP contribution is 2.32. The van der Waals surface area contributed by atoms with E-state index >= 15 is 0 Å². The van der Waals surface area contributed by atoms with Crippen LogP contribution in [0.1, 0.15) is 41.6 Å². The van der Waals surface area contributed by atoms with E-state index in [0.717, 1.165) is 54.6 Å². The quantitative estimate of drug-likeness (QED) is 0.831. The van der Waals surface area contributed by atoms with E-state index in [4.69, 9.17) is 4.98 Å². The van der Waals surface area contributed by atoms with E-state index < -0.39 is 0 Å². The van der Waals surface area contributed by atoms with Gasteiger partial charge in [0.05, 0.1) is 10.6 Å². The Morgan fingerprint density at radius 1 is 1.37 bits per heavy atom. The van der Waals surface area contributed by atoms with Crippen molar-refractivity contribution in [3.63, 3.8) is 0 Å². The Hall–Kier alpha value is -0.940. The number of Topliss-reactive ketones (excluding diaryl/α,β-unsaturated/α-hetero) is 1. The first-order valence-corrected chi connectivity index (χ1v) is 7.98. The number of aryl methyl sites for hydroxylation is 1. The van der Waals surface area contributed by atoms with Crippen molar-refractivity contribution in [2.45, 2.75) is 38.6 Å². The molecule has 0 radical (unpaired) electrons. The Morgan fingerprint density at radius 2 is 2.21 bits per heavy atom. The minimum atomic E-state index is 0.297. The molecule has 2 heterocycles. The Labute approximate surface area is 118 Å². The van der Waals surface area contributed by atoms with E-state index in [2.05, 4.69) is 23.8 Å². The van der Waals surface area contributed by atoms with Gasteiger partial charge in [0.15, 0.2) is 10.9 Å². The van der Waals surface area contributed by atoms with Gasteiger partial charge in [0, 0.05) is 32.1 Å². The molecule has 1 aromatic heterocycles. The number of nitrogens with zero attached hydrogens (tertiary/aromatic N) is 3. The average Bonchev–Trinajstić information content (AvgIpc) is 2.85. The molecule has 1 aliphatic carbocycles. The van der Waals surface area contributed by atoms with Gasteiger partial charge in [-0.1, -0.05) is 18.3 Å². The summed E-state index contributed by atoms with van der Waals surface area (Å²) in [6.07, 6.45) is 3.81. The van der Waals surface area contributed by atoms with Crippen molar-refractivity contribution in [1.29, 1.82) is 0 Å². The van der Waals surface area contributed by atoms with Crippen molar-refractivity contribution in [3.05, 3.63) is 10.6 Å². The number of carbonyl (C=O) groups is 1. The van der Waals surface area contributed by atoms with Gasteiger partial charge >= 0.3 is 0 Å². The molecule has 1 fully saturated rings. The zero-order valence-electron chi connectivity index (χ0n) is 11.7. The highest BCUT2D eigenvalue weighted by molar-refractivity contribution is 7.17. The molecule has 1 aromatic rings. The number of hydrogen-bond donors (Lipinski definition) is 0. The molecule has 5 heteroatoms. The molecule has 0 saturated carbocycles. The first-order valence-electron chi connectivity index (χ1n) is 7.17. The Balaban J connectivity index is 1.81. The summed E-state index contributed by atoms with van der Waals surface area (Å²) in [6.45, 7) is 5.37. The molecule has 1 aliphatic heterocycles. The minimum Gasteiger partial charge on any atom is -0.345 e. The van der Waals surface area contributed by atoms with Crippen molar-refractivity contribution < 1.29 is 4.79 Å². The number of thiazole rings is 1. The summed E-state index contributed by atoms with van der Waals surface area (Å²) in [5.41, 5.74) is 1.04. The van der Waals surface area contributed by atoms with Crippen molar-refractivity contribution in [1.82, 2.24) is 9.88 Å². The van der Waals surface area contributed by atoms with Crippen LogP contribution in [-0.2, 0) is 6.42 Å². The second-order valence-corrected chi connectivity index (χ2v) is 6.52. The van der Waals surface area contributed by atoms with Crippen LogP contribution in [0.3, 0.4) is 0 Å². The summed E-state index contributed by atoms with van der Waals surface area (Å²) < 4.78 is 0. The number of fused-ring (bicyclic) bond motifs is 1. The van der Waals surface area contributed by atoms with Gasteiger partial charge in [0.25, 0.3) is 0 Å². The third-order valence-corrected chi connectivity index (χ3v) is 5.48. The van der Waals surface area contributed by atoms with Crippen molar-refractivity contribution in [2.24, 2.45) is 0 Å². The maximum absolute atomic E-state index is 11.9. The SMILES string of the molecule is CCC1CN(c2nc3c(s2)C(=O)CCC3)CCN1C. The van der Waals surface area contributed by atoms with Crippen LogP contribution in [0.5, 0.6) is 0 Å². The second-order valence-electron chi connectivity index (χ2n) is 5.54. The van der Waals surface area contributed by atoms with Crippen LogP contribution in [0.25, 0.3) is 0 Å². The first-order chi connectivity index (χ1) is 9.19. The summed E-state index contributed by atoms with van der Waals surface area (Å²) in [4.78, 5) is 22.3. The maximum Gasteiger partial charge on any atom is 0.186 e. The molecule has 2 aliphatic rings. The number of anilines is 1. The average molecular weight is 279 g/mol. The molecule has 0 N–H and O–H groups in total. The van der Waals surface area contributed by atoms with Crippen molar-refractivity contribution in [2.75, 3.05) is 31.6 Å². The molecular formula is C14H21N3OS. The smallest absolute Gasteiger partial charge is 0.186 e. The number of carbonyl (C=O) groups excluding carboxylic acids is 1. The lowest BCUT2D eigenvalue weighted by molar-refractivity contribution is 0.0976. The molecule has 4 nitrogen and oxygen atoms in total. The minimum absolute atomic E-state index is 0.297. The molecule has 0 spiro atoms. The van der Waals surface area contributed by atoms with E-state index in [1.54, 1.807) is 11.3 Å². The number of rotatable bonds is 2. The van der Waals surface area contributed by atoms with Gasteiger partial charge in [0.1, 0.15) is 0 Å². The Bertz CT molecular complexity index is 485. The predicted molar refractivity (Wildman–Crippen MR) is 78.3 cm³/mol. The summed E-state index contributed by atoms with van der Waals surface area (Å²) in [5.74, 6) is 0.297. The first kappa shape index (κ1) is 13.1. The Kier molecular flexibility index (Phi) is 3.58. The van der Waals surface area contributed by atoms with E-state index in [0.29, 0.717) is 18.2 Å². The summed E-state index contributed by atoms with van der Waals surface area (Å²) >= 11 is 1.61. The number of hydrogen-bond acceptors (Lipinski definition) is 5. The largest absolute Gasteiger partial charge is 0.345 e. The molecule has 0 aromatic carbocycles. The lowest BCUT2D eigenvalue weighted by Gasteiger charge is -2.39. The topological polar surface area (TPSA) is 36.4 Å². The second kappa shape index (κ2) is 5.21. The molecule has 0 bridgehead atoms. The number of piperazine rings is 1. The predicted octanol–water partition coefficient (Wildman–Crippen LogP) is 2.19. The fraction of sp³-hybridized carbons (Fsp3) is 0.714. The number of aromatic nitrogens is 1. The van der Waals surface area contributed by atoms with Gasteiger partial charge in [-0.3, -0.25) is 9.69 Å². The lowest BCUT2D eigenvalue weighted by Crippen LogP contribution is -2.51. The van der Waals surface area contributed by atoms with Gasteiger partial charge in [-0.05, 0) is 26.3 Å². The molecular weight excluding hydrogens is 258 g/mol. The third kappa shape index (κ3) is 2.41. The van der Waals surface area contributed by atoms with Gasteiger partial charge < -0.3 is 4.90 Å². The summed E-state index contributed by atoms with van der Waals surface area (Å²) in [6, 6.07) is 0.602. The van der Waals surface area contributed by atoms with Crippen LogP contribution in [0.15, 0.2) is 0 Å². The highest BCUT2D eigenvalue weighted by Gasteiger charge is 2.28. The van der Waals surface area contributed by atoms with Gasteiger partial charge in [-0.15, -0.1) is 0 Å². The molecule has 1 unspecified atom stereocenters. The van der Waals surface area contributed by atoms with Gasteiger partial charge in [-0.25, -0.2) is 4.98 Å². The summed E-state index contributed by atoms with van der Waals surface area (Å²) in [5, 5.41) is 1.06. The molecule has 104 valence electrons. The molecule has 19 heavy (non-hydrogen) atoms. The van der Waals surface area contributed by atoms with Crippen LogP contribution < -0.4 is 4.90 Å². The fourth-order valence-corrected chi connectivity index (χ4v) is 4.07. The van der Waals surface area contributed by atoms with E-state index in [1.165, 1.54) is 0 Å². The van der Waals surface area contributed by atoms with Crippen LogP contribution in [-0.4, -0.2) is 48.4 Å². The highest BCUT2D eigenvalue weighted by atomic mass is 32.1. The zero-order valence-corrected chi connectivity index (χ0v) is 12.5. The van der Waals surface area contributed by atoms with Crippen molar-refractivity contribution >= 4 is 22.3 Å². The fourth-order valence-electron chi connectivity index (χ4n) is 2.95. The van der Waals surface area contributed by atoms with Crippen molar-refractivity contribution in [3.8, 4) is 0 Å². The molecule has 0 amide bonds. The lowest BCUT2D eigenvalue weighted by atomic mass is 10.0. The van der Waals surface area contributed by atoms with Gasteiger partial charge in [0.2, 0.25) is 0 Å². The maximum atomic E-state index is 11.9. The van der Waals surface area contributed by atoms with E-state index in [1.807, 2.05) is 0 Å². The van der Waals surface area contributed by atoms with E-state index in [9.17, 15) is 4.79 Å². The zero-order chi connectivity index (χ0) is 13.4. The number of likely N-dealkylation sites (N-methyl/N-ethyl adjacent to an activating group) is 1. The third-order valence-electron chi connectivity index (χ3n) is 4.28. The van der Waals surface area contributed by atoms with Gasteiger partial charge in [-0.2, -0.15) is 0 Å². The van der Waals surface area contributed by atoms with Crippen LogP contribution >= 0.6 is 11.3 Å². The molecule has 1 saturated heterocycles. The standard InChI is InChI=1S/C14H21N3OS/c1-3-10-9-17(8-7-16(10)2)14-15-11-5-4-6-12(18)13(11)19-14/h10H,3-9H2,1-2H3. The number of ketones is 1. The normalized spacial score (nSPS) is 24.6. The monoisotopic (exact) mass is 279 g/mol. The van der Waals surface area contributed by atoms with E-state index in [-0.39, 0.29) is 0 Å². The van der Waals surface area contributed by atoms with Crippen LogP contribution in [0, 0.1) is 0 Å². The molecule has 1 atom stereocenters. The molecule has 3 rings (SSSR count). The summed E-state index contributed by atoms with van der Waals surface area (Å²) in [7, 11) is 2.20. The van der Waals surface area contributed by atoms with Crippen LogP contribution in [0.4, 0.5) is 5.13 Å². The van der Waals surface area contributed by atoms with Crippen LogP contribution in [0.2, 0.25) is 0 Å². The Morgan fingerprint density at radius 3 is 2.95 bits per heavy atom.